The molecule has 1 aliphatic heterocycles. The van der Waals surface area contributed by atoms with Crippen molar-refractivity contribution in [3.05, 3.63) is 51.5 Å². The third-order valence-electron chi connectivity index (χ3n) is 5.57. The minimum absolute atomic E-state index is 0.0485. The molecule has 2 aromatic heterocycles. The van der Waals surface area contributed by atoms with Crippen LogP contribution in [0.4, 0.5) is 0 Å². The summed E-state index contributed by atoms with van der Waals surface area (Å²) in [5, 5.41) is 13.1. The van der Waals surface area contributed by atoms with E-state index in [9.17, 15) is 9.59 Å². The summed E-state index contributed by atoms with van der Waals surface area (Å²) >= 11 is 6.13. The Kier molecular flexibility index (Phi) is 5.04. The van der Waals surface area contributed by atoms with Gasteiger partial charge >= 0.3 is 0 Å². The molecule has 0 radical (unpaired) electrons. The molecular formula is C21H22ClN5O3. The molecule has 3 heterocycles. The summed E-state index contributed by atoms with van der Waals surface area (Å²) in [6.45, 7) is 1.05. The number of benzene rings is 1. The van der Waals surface area contributed by atoms with Gasteiger partial charge in [0.05, 0.1) is 23.7 Å². The van der Waals surface area contributed by atoms with Gasteiger partial charge in [0.15, 0.2) is 0 Å². The fourth-order valence-electron chi connectivity index (χ4n) is 3.89. The molecule has 1 aliphatic carbocycles. The van der Waals surface area contributed by atoms with Gasteiger partial charge in [0.2, 0.25) is 5.91 Å². The van der Waals surface area contributed by atoms with Gasteiger partial charge in [-0.15, -0.1) is 0 Å². The van der Waals surface area contributed by atoms with Crippen LogP contribution < -0.4 is 10.9 Å². The predicted molar refractivity (Wildman–Crippen MR) is 112 cm³/mol. The second kappa shape index (κ2) is 7.85. The lowest BCUT2D eigenvalue weighted by Crippen LogP contribution is -2.38. The van der Waals surface area contributed by atoms with Crippen LogP contribution in [-0.4, -0.2) is 44.7 Å². The summed E-state index contributed by atoms with van der Waals surface area (Å²) in [5.41, 5.74) is 1.59. The summed E-state index contributed by atoms with van der Waals surface area (Å²) < 4.78 is 8.37. The minimum atomic E-state index is -0.348. The number of carbonyl (C=O) groups excluding carboxylic acids is 1. The first-order chi connectivity index (χ1) is 14.6. The molecule has 9 heteroatoms. The second-order valence-electron chi connectivity index (χ2n) is 7.86. The molecule has 1 atom stereocenters. The highest BCUT2D eigenvalue weighted by molar-refractivity contribution is 6.30. The third kappa shape index (κ3) is 3.73. The van der Waals surface area contributed by atoms with Gasteiger partial charge < -0.3 is 10.1 Å². The summed E-state index contributed by atoms with van der Waals surface area (Å²) in [5.74, 6) is 0.0429. The molecule has 156 valence electrons. The molecule has 2 fully saturated rings. The van der Waals surface area contributed by atoms with Crippen molar-refractivity contribution < 1.29 is 9.53 Å². The van der Waals surface area contributed by atoms with E-state index in [2.05, 4.69) is 15.5 Å². The van der Waals surface area contributed by atoms with E-state index in [0.29, 0.717) is 28.7 Å². The number of amides is 1. The highest BCUT2D eigenvalue weighted by Crippen LogP contribution is 2.41. The van der Waals surface area contributed by atoms with Gasteiger partial charge in [0.1, 0.15) is 12.1 Å². The fraction of sp³-hybridized carbons (Fsp3) is 0.429. The van der Waals surface area contributed by atoms with Crippen LogP contribution in [0.5, 0.6) is 0 Å². The van der Waals surface area contributed by atoms with Crippen molar-refractivity contribution in [2.45, 2.75) is 44.2 Å². The van der Waals surface area contributed by atoms with Crippen molar-refractivity contribution in [3.8, 4) is 5.69 Å². The molecule has 1 aromatic carbocycles. The van der Waals surface area contributed by atoms with E-state index in [-0.39, 0.29) is 24.1 Å². The molecule has 0 spiro atoms. The number of rotatable bonds is 6. The number of fused-ring (bicyclic) bond motifs is 1. The van der Waals surface area contributed by atoms with Crippen molar-refractivity contribution in [1.82, 2.24) is 24.9 Å². The number of aromatic nitrogens is 4. The lowest BCUT2D eigenvalue weighted by atomic mass is 10.2. The zero-order chi connectivity index (χ0) is 20.7. The largest absolute Gasteiger partial charge is 0.376 e. The number of hydrogen-bond donors (Lipinski definition) is 1. The van der Waals surface area contributed by atoms with E-state index in [1.54, 1.807) is 23.0 Å². The number of hydrogen-bond acceptors (Lipinski definition) is 5. The Morgan fingerprint density at radius 3 is 2.90 bits per heavy atom. The van der Waals surface area contributed by atoms with E-state index in [4.69, 9.17) is 16.3 Å². The third-order valence-corrected chi connectivity index (χ3v) is 5.81. The van der Waals surface area contributed by atoms with Gasteiger partial charge in [-0.2, -0.15) is 10.2 Å². The van der Waals surface area contributed by atoms with Gasteiger partial charge in [-0.3, -0.25) is 9.59 Å². The topological polar surface area (TPSA) is 91.0 Å². The van der Waals surface area contributed by atoms with E-state index >= 15 is 0 Å². The quantitative estimate of drug-likeness (QED) is 0.652. The Morgan fingerprint density at radius 1 is 1.30 bits per heavy atom. The summed E-state index contributed by atoms with van der Waals surface area (Å²) in [6.07, 6.45) is 5.72. The maximum Gasteiger partial charge on any atom is 0.293 e. The molecule has 5 rings (SSSR count). The molecule has 1 saturated heterocycles. The van der Waals surface area contributed by atoms with Crippen LogP contribution >= 0.6 is 11.6 Å². The van der Waals surface area contributed by atoms with Crippen LogP contribution in [0.15, 0.2) is 35.3 Å². The van der Waals surface area contributed by atoms with E-state index < -0.39 is 0 Å². The Labute approximate surface area is 177 Å². The lowest BCUT2D eigenvalue weighted by molar-refractivity contribution is -0.122. The first kappa shape index (κ1) is 19.3. The van der Waals surface area contributed by atoms with Crippen molar-refractivity contribution in [2.24, 2.45) is 0 Å². The Bertz CT molecular complexity index is 1160. The van der Waals surface area contributed by atoms with Crippen molar-refractivity contribution >= 4 is 28.4 Å². The average molecular weight is 428 g/mol. The number of halogens is 1. The van der Waals surface area contributed by atoms with E-state index in [1.165, 1.54) is 4.68 Å². The predicted octanol–water partition coefficient (Wildman–Crippen LogP) is 2.41. The average Bonchev–Trinajstić information content (AvgIpc) is 3.25. The van der Waals surface area contributed by atoms with Crippen LogP contribution in [-0.2, 0) is 16.1 Å². The number of nitrogens with zero attached hydrogens (tertiary/aromatic N) is 4. The number of carbonyl (C=O) groups is 1. The second-order valence-corrected chi connectivity index (χ2v) is 8.30. The maximum atomic E-state index is 13.3. The van der Waals surface area contributed by atoms with Gasteiger partial charge in [-0.05, 0) is 43.9 Å². The zero-order valence-corrected chi connectivity index (χ0v) is 17.1. The van der Waals surface area contributed by atoms with Gasteiger partial charge in [-0.25, -0.2) is 9.36 Å². The summed E-state index contributed by atoms with van der Waals surface area (Å²) in [4.78, 5) is 25.7. The van der Waals surface area contributed by atoms with Crippen molar-refractivity contribution in [3.63, 3.8) is 0 Å². The molecule has 0 unspecified atom stereocenters. The van der Waals surface area contributed by atoms with Crippen LogP contribution in [0.2, 0.25) is 5.02 Å². The first-order valence-corrected chi connectivity index (χ1v) is 10.6. The molecule has 0 bridgehead atoms. The lowest BCUT2D eigenvalue weighted by Gasteiger charge is -2.12. The molecule has 8 nitrogen and oxygen atoms in total. The number of nitrogens with one attached hydrogen (secondary N) is 1. The molecule has 3 aromatic rings. The van der Waals surface area contributed by atoms with E-state index in [1.807, 2.05) is 12.1 Å². The van der Waals surface area contributed by atoms with Gasteiger partial charge in [0.25, 0.3) is 5.56 Å². The maximum absolute atomic E-state index is 13.3. The monoisotopic (exact) mass is 427 g/mol. The molecule has 1 N–H and O–H groups in total. The van der Waals surface area contributed by atoms with Crippen LogP contribution in [0.25, 0.3) is 16.6 Å². The van der Waals surface area contributed by atoms with Crippen LogP contribution in [0.1, 0.15) is 37.3 Å². The normalized spacial score (nSPS) is 18.8. The summed E-state index contributed by atoms with van der Waals surface area (Å²) in [7, 11) is 0. The SMILES string of the molecule is O=C(Cn1nc(C2CC2)c2cnn(-c3cccc(Cl)c3)c2c1=O)NC[C@@H]1CCCO1. The summed E-state index contributed by atoms with van der Waals surface area (Å²) in [6, 6.07) is 7.17. The molecule has 1 amide bonds. The van der Waals surface area contributed by atoms with Crippen LogP contribution in [0.3, 0.4) is 0 Å². The zero-order valence-electron chi connectivity index (χ0n) is 16.4. The molecular weight excluding hydrogens is 406 g/mol. The Morgan fingerprint density at radius 2 is 2.17 bits per heavy atom. The Balaban J connectivity index is 1.50. The van der Waals surface area contributed by atoms with Crippen molar-refractivity contribution in [1.29, 1.82) is 0 Å². The smallest absolute Gasteiger partial charge is 0.293 e. The highest BCUT2D eigenvalue weighted by atomic mass is 35.5. The standard InChI is InChI=1S/C21H22ClN5O3/c22-14-3-1-4-15(9-14)27-20-17(11-24-27)19(13-6-7-13)25-26(21(20)29)12-18(28)23-10-16-5-2-8-30-16/h1,3-4,9,11,13,16H,2,5-8,10,12H2,(H,23,28)/t16-/m0/s1. The van der Waals surface area contributed by atoms with Gasteiger partial charge in [-0.1, -0.05) is 17.7 Å². The molecule has 30 heavy (non-hydrogen) atoms. The molecule has 1 saturated carbocycles. The minimum Gasteiger partial charge on any atom is -0.376 e. The Hall–Kier alpha value is -2.71. The highest BCUT2D eigenvalue weighted by Gasteiger charge is 2.30. The fourth-order valence-corrected chi connectivity index (χ4v) is 4.07. The van der Waals surface area contributed by atoms with Gasteiger partial charge in [0, 0.05) is 29.5 Å². The first-order valence-electron chi connectivity index (χ1n) is 10.2. The van der Waals surface area contributed by atoms with Crippen molar-refractivity contribution in [2.75, 3.05) is 13.2 Å². The number of ether oxygens (including phenoxy) is 1. The van der Waals surface area contributed by atoms with E-state index in [0.717, 1.165) is 43.4 Å². The molecule has 2 aliphatic rings. The van der Waals surface area contributed by atoms with Crippen LogP contribution in [0, 0.1) is 0 Å².